The van der Waals surface area contributed by atoms with Crippen molar-refractivity contribution < 1.29 is 13.9 Å². The van der Waals surface area contributed by atoms with Gasteiger partial charge in [0.05, 0.1) is 12.2 Å². The molecule has 0 aromatic carbocycles. The number of hydrogen-bond donors (Lipinski definition) is 2. The Labute approximate surface area is 87.1 Å². The van der Waals surface area contributed by atoms with Gasteiger partial charge in [-0.15, -0.1) is 0 Å². The van der Waals surface area contributed by atoms with E-state index in [9.17, 15) is 8.78 Å². The minimum atomic E-state index is -2.70. The Hall–Kier alpha value is -0.500. The lowest BCUT2D eigenvalue weighted by Gasteiger charge is -2.10. The van der Waals surface area contributed by atoms with Crippen molar-refractivity contribution in [1.82, 2.24) is 4.98 Å². The van der Waals surface area contributed by atoms with E-state index in [1.54, 1.807) is 0 Å². The molecule has 0 fully saturated rings. The fourth-order valence-corrected chi connectivity index (χ4v) is 1.56. The molecule has 0 saturated heterocycles. The second-order valence-corrected chi connectivity index (χ2v) is 3.50. The molecule has 0 spiro atoms. The average Bonchev–Trinajstić information content (AvgIpc) is 2.07. The standard InChI is InChI=1S/C7H7F2IN2O/c8-6(9)5-3(2-13)4(10)1-12-7(5)11/h1,6,13H,2H2,(H2,11,12). The molecule has 0 saturated carbocycles. The molecule has 1 heterocycles. The lowest BCUT2D eigenvalue weighted by atomic mass is 10.1. The summed E-state index contributed by atoms with van der Waals surface area (Å²) >= 11 is 1.82. The smallest absolute Gasteiger partial charge is 0.267 e. The highest BCUT2D eigenvalue weighted by atomic mass is 127. The maximum atomic E-state index is 12.4. The Morgan fingerprint density at radius 2 is 2.23 bits per heavy atom. The second kappa shape index (κ2) is 4.14. The summed E-state index contributed by atoms with van der Waals surface area (Å²) in [7, 11) is 0. The van der Waals surface area contributed by atoms with Gasteiger partial charge in [-0.25, -0.2) is 13.8 Å². The first-order chi connectivity index (χ1) is 6.07. The number of nitrogen functional groups attached to an aromatic ring is 1. The first kappa shape index (κ1) is 10.6. The van der Waals surface area contributed by atoms with E-state index in [2.05, 4.69) is 4.98 Å². The lowest BCUT2D eigenvalue weighted by Crippen LogP contribution is -2.05. The van der Waals surface area contributed by atoms with Gasteiger partial charge in [0.2, 0.25) is 0 Å². The highest BCUT2D eigenvalue weighted by Gasteiger charge is 2.19. The van der Waals surface area contributed by atoms with Crippen molar-refractivity contribution >= 4 is 28.4 Å². The molecule has 0 amide bonds. The minimum absolute atomic E-state index is 0.156. The van der Waals surface area contributed by atoms with Crippen molar-refractivity contribution in [3.63, 3.8) is 0 Å². The Morgan fingerprint density at radius 1 is 1.62 bits per heavy atom. The summed E-state index contributed by atoms with van der Waals surface area (Å²) in [6.45, 7) is -0.454. The maximum Gasteiger partial charge on any atom is 0.267 e. The molecule has 0 unspecified atom stereocenters. The van der Waals surface area contributed by atoms with Gasteiger partial charge in [0, 0.05) is 15.3 Å². The molecule has 6 heteroatoms. The van der Waals surface area contributed by atoms with E-state index in [4.69, 9.17) is 10.8 Å². The maximum absolute atomic E-state index is 12.4. The summed E-state index contributed by atoms with van der Waals surface area (Å²) in [6.07, 6.45) is -1.35. The van der Waals surface area contributed by atoms with E-state index in [0.29, 0.717) is 3.57 Å². The van der Waals surface area contributed by atoms with Crippen LogP contribution >= 0.6 is 22.6 Å². The van der Waals surface area contributed by atoms with Crippen LogP contribution in [0, 0.1) is 3.57 Å². The molecule has 0 radical (unpaired) electrons. The Morgan fingerprint density at radius 3 is 2.62 bits per heavy atom. The van der Waals surface area contributed by atoms with Gasteiger partial charge in [-0.1, -0.05) is 0 Å². The summed E-state index contributed by atoms with van der Waals surface area (Å²) in [5.74, 6) is -0.223. The van der Waals surface area contributed by atoms with E-state index in [0.717, 1.165) is 0 Å². The number of halogens is 3. The van der Waals surface area contributed by atoms with E-state index in [-0.39, 0.29) is 16.9 Å². The summed E-state index contributed by atoms with van der Waals surface area (Å²) in [5.41, 5.74) is 5.05. The predicted molar refractivity (Wildman–Crippen MR) is 52.2 cm³/mol. The van der Waals surface area contributed by atoms with Gasteiger partial charge in [-0.2, -0.15) is 0 Å². The topological polar surface area (TPSA) is 59.1 Å². The zero-order valence-electron chi connectivity index (χ0n) is 6.47. The number of pyridine rings is 1. The third-order valence-corrected chi connectivity index (χ3v) is 2.51. The van der Waals surface area contributed by atoms with E-state index in [1.165, 1.54) is 6.20 Å². The highest BCUT2D eigenvalue weighted by molar-refractivity contribution is 14.1. The molecule has 0 aliphatic rings. The average molecular weight is 300 g/mol. The summed E-state index contributed by atoms with van der Waals surface area (Å²) < 4.78 is 25.3. The van der Waals surface area contributed by atoms with Crippen molar-refractivity contribution in [2.24, 2.45) is 0 Å². The molecule has 0 bridgehead atoms. The summed E-state index contributed by atoms with van der Waals surface area (Å²) in [5, 5.41) is 8.85. The van der Waals surface area contributed by atoms with Crippen molar-refractivity contribution in [3.8, 4) is 0 Å². The Bertz CT molecular complexity index is 320. The molecule has 72 valence electrons. The van der Waals surface area contributed by atoms with E-state index in [1.807, 2.05) is 22.6 Å². The highest BCUT2D eigenvalue weighted by Crippen LogP contribution is 2.29. The van der Waals surface area contributed by atoms with Crippen LogP contribution in [0.2, 0.25) is 0 Å². The SMILES string of the molecule is Nc1ncc(I)c(CO)c1C(F)F. The van der Waals surface area contributed by atoms with Crippen LogP contribution in [0.5, 0.6) is 0 Å². The number of hydrogen-bond acceptors (Lipinski definition) is 3. The molecule has 3 N–H and O–H groups in total. The predicted octanol–water partition coefficient (Wildman–Crippen LogP) is 1.70. The van der Waals surface area contributed by atoms with Crippen LogP contribution in [0.1, 0.15) is 17.6 Å². The van der Waals surface area contributed by atoms with Crippen LogP contribution in [0.15, 0.2) is 6.20 Å². The lowest BCUT2D eigenvalue weighted by molar-refractivity contribution is 0.147. The second-order valence-electron chi connectivity index (χ2n) is 2.34. The van der Waals surface area contributed by atoms with Gasteiger partial charge in [0.25, 0.3) is 6.43 Å². The van der Waals surface area contributed by atoms with Gasteiger partial charge >= 0.3 is 0 Å². The zero-order valence-corrected chi connectivity index (χ0v) is 8.62. The molecule has 0 aliphatic carbocycles. The van der Waals surface area contributed by atoms with Gasteiger partial charge < -0.3 is 10.8 Å². The van der Waals surface area contributed by atoms with Crippen molar-refractivity contribution in [2.75, 3.05) is 5.73 Å². The van der Waals surface area contributed by atoms with Crippen LogP contribution < -0.4 is 5.73 Å². The molecule has 1 rings (SSSR count). The van der Waals surface area contributed by atoms with Gasteiger partial charge in [-0.05, 0) is 22.6 Å². The molecular weight excluding hydrogens is 293 g/mol. The first-order valence-corrected chi connectivity index (χ1v) is 4.47. The fourth-order valence-electron chi connectivity index (χ4n) is 0.961. The quantitative estimate of drug-likeness (QED) is 0.817. The van der Waals surface area contributed by atoms with Crippen molar-refractivity contribution in [3.05, 3.63) is 20.9 Å². The molecule has 13 heavy (non-hydrogen) atoms. The first-order valence-electron chi connectivity index (χ1n) is 3.39. The zero-order chi connectivity index (χ0) is 10.0. The Kier molecular flexibility index (Phi) is 3.37. The number of aromatic nitrogens is 1. The minimum Gasteiger partial charge on any atom is -0.392 e. The number of alkyl halides is 2. The largest absolute Gasteiger partial charge is 0.392 e. The van der Waals surface area contributed by atoms with Gasteiger partial charge in [-0.3, -0.25) is 0 Å². The fraction of sp³-hybridized carbons (Fsp3) is 0.286. The van der Waals surface area contributed by atoms with Gasteiger partial charge in [0.15, 0.2) is 0 Å². The normalized spacial score (nSPS) is 10.8. The van der Waals surface area contributed by atoms with Crippen molar-refractivity contribution in [2.45, 2.75) is 13.0 Å². The number of aliphatic hydroxyl groups is 1. The molecule has 3 nitrogen and oxygen atoms in total. The van der Waals surface area contributed by atoms with Crippen LogP contribution in [0.25, 0.3) is 0 Å². The van der Waals surface area contributed by atoms with E-state index >= 15 is 0 Å². The van der Waals surface area contributed by atoms with Gasteiger partial charge in [0.1, 0.15) is 5.82 Å². The number of nitrogens with two attached hydrogens (primary N) is 1. The molecule has 0 aliphatic heterocycles. The molecular formula is C7H7F2IN2O. The molecule has 1 aromatic heterocycles. The number of aliphatic hydroxyl groups excluding tert-OH is 1. The van der Waals surface area contributed by atoms with E-state index < -0.39 is 13.0 Å². The van der Waals surface area contributed by atoms with Crippen LogP contribution in [0.4, 0.5) is 14.6 Å². The third kappa shape index (κ3) is 2.05. The summed E-state index contributed by atoms with van der Waals surface area (Å²) in [6, 6.07) is 0. The molecule has 1 aromatic rings. The summed E-state index contributed by atoms with van der Waals surface area (Å²) in [4.78, 5) is 3.59. The van der Waals surface area contributed by atoms with Crippen LogP contribution in [0.3, 0.4) is 0 Å². The number of rotatable bonds is 2. The monoisotopic (exact) mass is 300 g/mol. The van der Waals surface area contributed by atoms with Crippen molar-refractivity contribution in [1.29, 1.82) is 0 Å². The third-order valence-electron chi connectivity index (χ3n) is 1.58. The van der Waals surface area contributed by atoms with Crippen LogP contribution in [-0.4, -0.2) is 10.1 Å². The Balaban J connectivity index is 3.35. The number of nitrogens with zero attached hydrogens (tertiary/aromatic N) is 1. The van der Waals surface area contributed by atoms with Crippen LogP contribution in [-0.2, 0) is 6.61 Å². The number of anilines is 1. The molecule has 0 atom stereocenters.